The van der Waals surface area contributed by atoms with Crippen LogP contribution in [0.3, 0.4) is 0 Å². The zero-order valence-electron chi connectivity index (χ0n) is 10.2. The first-order valence-corrected chi connectivity index (χ1v) is 6.66. The van der Waals surface area contributed by atoms with Gasteiger partial charge in [-0.15, -0.1) is 0 Å². The lowest BCUT2D eigenvalue weighted by Gasteiger charge is -2.16. The maximum absolute atomic E-state index is 5.75. The molecule has 3 N–H and O–H groups in total. The molecule has 0 aliphatic heterocycles. The molecule has 0 aliphatic rings. The lowest BCUT2D eigenvalue weighted by Crippen LogP contribution is -2.11. The van der Waals surface area contributed by atoms with Crippen LogP contribution >= 0.6 is 22.6 Å². The van der Waals surface area contributed by atoms with E-state index in [9.17, 15) is 0 Å². The topological polar surface area (TPSA) is 63.8 Å². The summed E-state index contributed by atoms with van der Waals surface area (Å²) in [5.74, 6) is 1.25. The van der Waals surface area contributed by atoms with Gasteiger partial charge in [0.05, 0.1) is 9.61 Å². The van der Waals surface area contributed by atoms with Gasteiger partial charge in [0.25, 0.3) is 0 Å². The van der Waals surface area contributed by atoms with Crippen LogP contribution in [0.5, 0.6) is 0 Å². The van der Waals surface area contributed by atoms with Crippen molar-refractivity contribution < 1.29 is 0 Å². The van der Waals surface area contributed by atoms with Gasteiger partial charge >= 0.3 is 0 Å². The average molecular weight is 353 g/mol. The Morgan fingerprint density at radius 3 is 2.83 bits per heavy atom. The molecule has 1 aromatic heterocycles. The quantitative estimate of drug-likeness (QED) is 0.833. The van der Waals surface area contributed by atoms with E-state index in [4.69, 9.17) is 5.73 Å². The van der Waals surface area contributed by atoms with Crippen molar-refractivity contribution in [3.63, 3.8) is 0 Å². The van der Waals surface area contributed by atoms with Crippen molar-refractivity contribution in [1.82, 2.24) is 9.97 Å². The van der Waals surface area contributed by atoms with E-state index < -0.39 is 0 Å². The average Bonchev–Trinajstić information content (AvgIpc) is 2.36. The zero-order chi connectivity index (χ0) is 13.1. The minimum Gasteiger partial charge on any atom is -0.383 e. The predicted octanol–water partition coefficient (Wildman–Crippen LogP) is 2.95. The van der Waals surface area contributed by atoms with E-state index in [1.165, 1.54) is 11.9 Å². The molecule has 1 heterocycles. The van der Waals surface area contributed by atoms with E-state index in [2.05, 4.69) is 63.0 Å². The molecule has 1 aromatic carbocycles. The highest BCUT2D eigenvalue weighted by molar-refractivity contribution is 14.1. The number of hydrogen-bond acceptors (Lipinski definition) is 4. The van der Waals surface area contributed by atoms with Crippen LogP contribution in [-0.2, 0) is 0 Å². The molecular formula is C13H14IN4. The summed E-state index contributed by atoms with van der Waals surface area (Å²) in [6, 6.07) is 9.48. The van der Waals surface area contributed by atoms with E-state index in [-0.39, 0.29) is 6.04 Å². The summed E-state index contributed by atoms with van der Waals surface area (Å²) < 4.78 is 0.842. The Morgan fingerprint density at radius 1 is 1.39 bits per heavy atom. The van der Waals surface area contributed by atoms with Crippen LogP contribution in [0, 0.1) is 16.6 Å². The van der Waals surface area contributed by atoms with Crippen molar-refractivity contribution in [2.45, 2.75) is 19.9 Å². The van der Waals surface area contributed by atoms with Gasteiger partial charge in [0.2, 0.25) is 0 Å². The Balaban J connectivity index is 2.18. The lowest BCUT2D eigenvalue weighted by atomic mass is 10.1. The predicted molar refractivity (Wildman–Crippen MR) is 81.2 cm³/mol. The summed E-state index contributed by atoms with van der Waals surface area (Å²) in [7, 11) is 0. The third-order valence-electron chi connectivity index (χ3n) is 2.63. The normalized spacial score (nSPS) is 12.2. The zero-order valence-corrected chi connectivity index (χ0v) is 12.4. The minimum absolute atomic E-state index is 0.119. The van der Waals surface area contributed by atoms with Crippen LogP contribution in [0.4, 0.5) is 11.6 Å². The Hall–Kier alpha value is -1.37. The van der Waals surface area contributed by atoms with Crippen molar-refractivity contribution in [2.75, 3.05) is 11.1 Å². The third kappa shape index (κ3) is 2.90. The molecular weight excluding hydrogens is 339 g/mol. The summed E-state index contributed by atoms with van der Waals surface area (Å²) in [5.41, 5.74) is 8.04. The van der Waals surface area contributed by atoms with Gasteiger partial charge in [-0.05, 0) is 48.1 Å². The van der Waals surface area contributed by atoms with Gasteiger partial charge in [-0.25, -0.2) is 9.97 Å². The second kappa shape index (κ2) is 5.51. The van der Waals surface area contributed by atoms with Crippen LogP contribution in [0.25, 0.3) is 0 Å². The van der Waals surface area contributed by atoms with Gasteiger partial charge < -0.3 is 11.1 Å². The van der Waals surface area contributed by atoms with E-state index in [0.29, 0.717) is 5.82 Å². The van der Waals surface area contributed by atoms with Crippen molar-refractivity contribution in [1.29, 1.82) is 0 Å². The van der Waals surface area contributed by atoms with E-state index >= 15 is 0 Å². The van der Waals surface area contributed by atoms with Gasteiger partial charge in [-0.3, -0.25) is 0 Å². The molecule has 0 saturated heterocycles. The molecule has 0 fully saturated rings. The number of nitrogen functional groups attached to an aromatic ring is 1. The fourth-order valence-corrected chi connectivity index (χ4v) is 1.99. The van der Waals surface area contributed by atoms with E-state index in [1.807, 2.05) is 13.0 Å². The molecule has 5 heteroatoms. The van der Waals surface area contributed by atoms with Gasteiger partial charge in [-0.1, -0.05) is 23.8 Å². The Bertz CT molecular complexity index is 539. The maximum Gasteiger partial charge on any atom is 0.145 e. The molecule has 0 aliphatic carbocycles. The molecule has 0 bridgehead atoms. The molecule has 1 unspecified atom stereocenters. The minimum atomic E-state index is 0.119. The highest BCUT2D eigenvalue weighted by atomic mass is 127. The maximum atomic E-state index is 5.75. The second-order valence-electron chi connectivity index (χ2n) is 4.11. The summed E-state index contributed by atoms with van der Waals surface area (Å²) in [6.45, 7) is 4.11. The monoisotopic (exact) mass is 353 g/mol. The molecule has 0 spiro atoms. The molecule has 0 amide bonds. The van der Waals surface area contributed by atoms with Crippen LogP contribution in [0.15, 0.2) is 24.5 Å². The molecule has 2 rings (SSSR count). The number of anilines is 2. The first-order chi connectivity index (χ1) is 8.58. The van der Waals surface area contributed by atoms with Gasteiger partial charge in [0, 0.05) is 0 Å². The van der Waals surface area contributed by atoms with Crippen molar-refractivity contribution in [3.8, 4) is 0 Å². The number of benzene rings is 1. The molecule has 2 aromatic rings. The molecule has 18 heavy (non-hydrogen) atoms. The van der Waals surface area contributed by atoms with Crippen LogP contribution in [-0.4, -0.2) is 9.97 Å². The summed E-state index contributed by atoms with van der Waals surface area (Å²) >= 11 is 2.14. The fraction of sp³-hybridized carbons (Fsp3) is 0.231. The fourth-order valence-electron chi connectivity index (χ4n) is 1.55. The van der Waals surface area contributed by atoms with E-state index in [0.717, 1.165) is 15.0 Å². The smallest absolute Gasteiger partial charge is 0.145 e. The first-order valence-electron chi connectivity index (χ1n) is 5.58. The summed E-state index contributed by atoms with van der Waals surface area (Å²) in [5, 5.41) is 3.32. The second-order valence-corrected chi connectivity index (χ2v) is 5.19. The molecule has 1 atom stereocenters. The molecule has 0 saturated carbocycles. The number of aromatic nitrogens is 2. The van der Waals surface area contributed by atoms with Crippen LogP contribution in [0.2, 0.25) is 0 Å². The standard InChI is InChI=1S/C13H14IN4/c1-8-3-5-10(6-4-8)9(2)18-13-11(14)12(15)16-7-17-13/h3-5,7,9H,1-2H3,(H3,15,16,17,18). The number of nitrogens with one attached hydrogen (secondary N) is 1. The first kappa shape index (κ1) is 13.1. The number of nitrogens with two attached hydrogens (primary N) is 1. The van der Waals surface area contributed by atoms with Crippen molar-refractivity contribution in [3.05, 3.63) is 45.3 Å². The Morgan fingerprint density at radius 2 is 2.17 bits per heavy atom. The summed E-state index contributed by atoms with van der Waals surface area (Å²) in [6.07, 6.45) is 1.46. The van der Waals surface area contributed by atoms with Gasteiger partial charge in [0.15, 0.2) is 0 Å². The SMILES string of the molecule is Cc1c[c]c(C(C)Nc2ncnc(N)c2I)cc1. The molecule has 4 nitrogen and oxygen atoms in total. The molecule has 93 valence electrons. The van der Waals surface area contributed by atoms with Gasteiger partial charge in [0.1, 0.15) is 18.0 Å². The van der Waals surface area contributed by atoms with E-state index in [1.54, 1.807) is 0 Å². The molecule has 1 radical (unpaired) electrons. The van der Waals surface area contributed by atoms with Crippen LogP contribution in [0.1, 0.15) is 24.1 Å². The Labute approximate surface area is 120 Å². The van der Waals surface area contributed by atoms with Crippen LogP contribution < -0.4 is 11.1 Å². The highest BCUT2D eigenvalue weighted by Gasteiger charge is 2.10. The number of aryl methyl sites for hydroxylation is 1. The highest BCUT2D eigenvalue weighted by Crippen LogP contribution is 2.24. The van der Waals surface area contributed by atoms with Gasteiger partial charge in [-0.2, -0.15) is 0 Å². The summed E-state index contributed by atoms with van der Waals surface area (Å²) in [4.78, 5) is 8.14. The third-order valence-corrected chi connectivity index (χ3v) is 3.69. The van der Waals surface area contributed by atoms with Crippen molar-refractivity contribution in [2.24, 2.45) is 0 Å². The number of nitrogens with zero attached hydrogens (tertiary/aromatic N) is 2. The number of halogens is 1. The largest absolute Gasteiger partial charge is 0.383 e. The lowest BCUT2D eigenvalue weighted by molar-refractivity contribution is 0.867. The number of rotatable bonds is 3. The Kier molecular flexibility index (Phi) is 4.00. The van der Waals surface area contributed by atoms with Crippen molar-refractivity contribution >= 4 is 34.2 Å². The number of hydrogen-bond donors (Lipinski definition) is 2.